The van der Waals surface area contributed by atoms with E-state index in [1.807, 2.05) is 0 Å². The summed E-state index contributed by atoms with van der Waals surface area (Å²) in [4.78, 5) is 0. The lowest BCUT2D eigenvalue weighted by Gasteiger charge is -2.15. The van der Waals surface area contributed by atoms with Crippen LogP contribution in [0.4, 0.5) is 0 Å². The van der Waals surface area contributed by atoms with E-state index in [4.69, 9.17) is 15.7 Å². The molecule has 0 radical (unpaired) electrons. The summed E-state index contributed by atoms with van der Waals surface area (Å²) >= 11 is 0. The van der Waals surface area contributed by atoms with Crippen LogP contribution in [0.2, 0.25) is 0 Å². The topological polar surface area (TPSA) is 79.9 Å². The Kier molecular flexibility index (Phi) is 8.27. The van der Waals surface area contributed by atoms with Crippen LogP contribution < -0.4 is 11.1 Å². The number of nitrogens with zero attached hydrogens (tertiary/aromatic N) is 1. The Morgan fingerprint density at radius 2 is 2.36 bits per heavy atom. The van der Waals surface area contributed by atoms with E-state index in [1.165, 1.54) is 0 Å². The number of methoxy groups -OCH3 is 1. The molecule has 1 unspecified atom stereocenters. The minimum atomic E-state index is 0.284. The molecule has 0 aliphatic heterocycles. The number of amidine groups is 1. The Morgan fingerprint density at radius 1 is 1.64 bits per heavy atom. The molecule has 0 aliphatic rings. The highest BCUT2D eigenvalue weighted by molar-refractivity contribution is 5.79. The number of rotatable bonds is 8. The van der Waals surface area contributed by atoms with Crippen molar-refractivity contribution in [2.45, 2.75) is 32.2 Å². The highest BCUT2D eigenvalue weighted by Gasteiger charge is 2.03. The van der Waals surface area contributed by atoms with Crippen molar-refractivity contribution in [1.82, 2.24) is 5.32 Å². The molecule has 0 aromatic heterocycles. The number of oxime groups is 1. The first-order valence-electron chi connectivity index (χ1n) is 4.93. The van der Waals surface area contributed by atoms with Crippen LogP contribution in [0.25, 0.3) is 0 Å². The predicted molar refractivity (Wildman–Crippen MR) is 56.6 cm³/mol. The fraction of sp³-hybridized carbons (Fsp3) is 0.889. The molecule has 0 heterocycles. The minimum absolute atomic E-state index is 0.284. The highest BCUT2D eigenvalue weighted by Crippen LogP contribution is 1.93. The Labute approximate surface area is 85.3 Å². The molecular formula is C9H21N3O2. The van der Waals surface area contributed by atoms with Crippen molar-refractivity contribution in [3.05, 3.63) is 0 Å². The largest absolute Gasteiger partial charge is 0.409 e. The lowest BCUT2D eigenvalue weighted by atomic mass is 10.2. The van der Waals surface area contributed by atoms with Crippen LogP contribution in [0.15, 0.2) is 5.16 Å². The summed E-state index contributed by atoms with van der Waals surface area (Å²) in [6, 6.07) is 0.396. The van der Waals surface area contributed by atoms with Gasteiger partial charge >= 0.3 is 0 Å². The number of hydrogen-bond donors (Lipinski definition) is 3. The van der Waals surface area contributed by atoms with Crippen molar-refractivity contribution >= 4 is 5.84 Å². The Bertz CT molecular complexity index is 162. The van der Waals surface area contributed by atoms with Gasteiger partial charge in [0, 0.05) is 19.6 Å². The monoisotopic (exact) mass is 203 g/mol. The molecule has 0 rings (SSSR count). The number of nitrogens with one attached hydrogen (secondary N) is 1. The molecule has 0 aromatic rings. The second kappa shape index (κ2) is 8.77. The summed E-state index contributed by atoms with van der Waals surface area (Å²) in [6.07, 6.45) is 2.53. The van der Waals surface area contributed by atoms with Gasteiger partial charge in [0.1, 0.15) is 5.84 Å². The molecule has 5 heteroatoms. The third kappa shape index (κ3) is 6.68. The maximum Gasteiger partial charge on any atom is 0.139 e. The summed E-state index contributed by atoms with van der Waals surface area (Å²) < 4.78 is 5.04. The molecule has 0 spiro atoms. The lowest BCUT2D eigenvalue weighted by molar-refractivity contribution is 0.164. The molecule has 0 aliphatic carbocycles. The fourth-order valence-corrected chi connectivity index (χ4v) is 1.15. The third-order valence-electron chi connectivity index (χ3n) is 2.03. The zero-order valence-corrected chi connectivity index (χ0v) is 8.99. The average molecular weight is 203 g/mol. The maximum absolute atomic E-state index is 8.30. The van der Waals surface area contributed by atoms with Crippen LogP contribution >= 0.6 is 0 Å². The van der Waals surface area contributed by atoms with Crippen molar-refractivity contribution in [1.29, 1.82) is 0 Å². The molecule has 0 fully saturated rings. The van der Waals surface area contributed by atoms with Crippen LogP contribution in [0, 0.1) is 0 Å². The minimum Gasteiger partial charge on any atom is -0.409 e. The van der Waals surface area contributed by atoms with Crippen molar-refractivity contribution in [3.63, 3.8) is 0 Å². The molecule has 0 saturated heterocycles. The number of nitrogens with two attached hydrogens (primary N) is 1. The van der Waals surface area contributed by atoms with Crippen LogP contribution in [-0.2, 0) is 4.74 Å². The summed E-state index contributed by atoms with van der Waals surface area (Å²) in [5.41, 5.74) is 5.33. The van der Waals surface area contributed by atoms with E-state index < -0.39 is 0 Å². The predicted octanol–water partition coefficient (Wildman–Crippen LogP) is 0.528. The molecule has 14 heavy (non-hydrogen) atoms. The summed E-state index contributed by atoms with van der Waals surface area (Å²) in [7, 11) is 1.70. The van der Waals surface area contributed by atoms with Gasteiger partial charge in [-0.15, -0.1) is 0 Å². The van der Waals surface area contributed by atoms with Crippen LogP contribution in [0.5, 0.6) is 0 Å². The average Bonchev–Trinajstić information content (AvgIpc) is 2.22. The van der Waals surface area contributed by atoms with E-state index in [1.54, 1.807) is 7.11 Å². The molecule has 4 N–H and O–H groups in total. The molecular weight excluding hydrogens is 182 g/mol. The van der Waals surface area contributed by atoms with Gasteiger partial charge < -0.3 is 21.0 Å². The maximum atomic E-state index is 8.30. The lowest BCUT2D eigenvalue weighted by Crippen LogP contribution is -2.33. The summed E-state index contributed by atoms with van der Waals surface area (Å²) in [6.45, 7) is 3.69. The molecule has 0 bridgehead atoms. The Morgan fingerprint density at radius 3 is 2.86 bits per heavy atom. The second-order valence-corrected chi connectivity index (χ2v) is 3.21. The van der Waals surface area contributed by atoms with Gasteiger partial charge in [0.05, 0.1) is 6.61 Å². The van der Waals surface area contributed by atoms with Gasteiger partial charge in [0.2, 0.25) is 0 Å². The van der Waals surface area contributed by atoms with Crippen molar-refractivity contribution < 1.29 is 9.94 Å². The summed E-state index contributed by atoms with van der Waals surface area (Å²) in [5.74, 6) is 0.284. The van der Waals surface area contributed by atoms with E-state index >= 15 is 0 Å². The standard InChI is InChI=1S/C9H21N3O2/c1-3-8(7-14-2)11-6-4-5-9(10)12-13/h8,11,13H,3-7H2,1-2H3,(H2,10,12). The van der Waals surface area contributed by atoms with Crippen molar-refractivity contribution in [2.75, 3.05) is 20.3 Å². The van der Waals surface area contributed by atoms with E-state index in [0.29, 0.717) is 12.5 Å². The molecule has 5 nitrogen and oxygen atoms in total. The van der Waals surface area contributed by atoms with Crippen LogP contribution in [0.1, 0.15) is 26.2 Å². The van der Waals surface area contributed by atoms with Gasteiger partial charge in [-0.1, -0.05) is 12.1 Å². The van der Waals surface area contributed by atoms with Gasteiger partial charge in [0.25, 0.3) is 0 Å². The first-order chi connectivity index (χ1) is 6.74. The first kappa shape index (κ1) is 13.2. The molecule has 1 atom stereocenters. The normalized spacial score (nSPS) is 14.3. The molecule has 0 aromatic carbocycles. The van der Waals surface area contributed by atoms with Crippen LogP contribution in [0.3, 0.4) is 0 Å². The van der Waals surface area contributed by atoms with Gasteiger partial charge in [-0.2, -0.15) is 0 Å². The molecule has 84 valence electrons. The highest BCUT2D eigenvalue weighted by atomic mass is 16.5. The van der Waals surface area contributed by atoms with E-state index in [0.717, 1.165) is 26.0 Å². The van der Waals surface area contributed by atoms with Gasteiger partial charge in [0.15, 0.2) is 0 Å². The molecule has 0 saturated carbocycles. The number of ether oxygens (including phenoxy) is 1. The second-order valence-electron chi connectivity index (χ2n) is 3.21. The van der Waals surface area contributed by atoms with E-state index in [-0.39, 0.29) is 5.84 Å². The number of hydrogen-bond acceptors (Lipinski definition) is 4. The van der Waals surface area contributed by atoms with Gasteiger partial charge in [-0.3, -0.25) is 0 Å². The fourth-order valence-electron chi connectivity index (χ4n) is 1.15. The summed E-state index contributed by atoms with van der Waals surface area (Å²) in [5, 5.41) is 14.5. The third-order valence-corrected chi connectivity index (χ3v) is 2.03. The first-order valence-corrected chi connectivity index (χ1v) is 4.93. The van der Waals surface area contributed by atoms with Crippen molar-refractivity contribution in [3.8, 4) is 0 Å². The Hall–Kier alpha value is -0.810. The zero-order valence-electron chi connectivity index (χ0n) is 8.99. The Balaban J connectivity index is 3.41. The SMILES string of the molecule is CCC(COC)NCCCC(N)=NO. The van der Waals surface area contributed by atoms with E-state index in [9.17, 15) is 0 Å². The quantitative estimate of drug-likeness (QED) is 0.177. The zero-order chi connectivity index (χ0) is 10.8. The van der Waals surface area contributed by atoms with E-state index in [2.05, 4.69) is 17.4 Å². The van der Waals surface area contributed by atoms with Crippen LogP contribution in [-0.4, -0.2) is 37.3 Å². The smallest absolute Gasteiger partial charge is 0.139 e. The van der Waals surface area contributed by atoms with Gasteiger partial charge in [-0.25, -0.2) is 0 Å². The van der Waals surface area contributed by atoms with Crippen molar-refractivity contribution in [2.24, 2.45) is 10.9 Å². The van der Waals surface area contributed by atoms with Gasteiger partial charge in [-0.05, 0) is 19.4 Å². The molecule has 0 amide bonds.